The van der Waals surface area contributed by atoms with Crippen LogP contribution in [0.4, 0.5) is 0 Å². The van der Waals surface area contributed by atoms with Crippen LogP contribution in [-0.4, -0.2) is 9.78 Å². The molecule has 0 aliphatic rings. The van der Waals surface area contributed by atoms with Crippen LogP contribution in [0, 0.1) is 0 Å². The van der Waals surface area contributed by atoms with E-state index in [1.54, 1.807) is 11.3 Å². The molecule has 0 saturated heterocycles. The van der Waals surface area contributed by atoms with Gasteiger partial charge in [0.15, 0.2) is 0 Å². The molecule has 1 atom stereocenters. The highest BCUT2D eigenvalue weighted by Crippen LogP contribution is 2.30. The van der Waals surface area contributed by atoms with E-state index in [2.05, 4.69) is 28.9 Å². The summed E-state index contributed by atoms with van der Waals surface area (Å²) < 4.78 is 1.93. The first-order valence-corrected chi connectivity index (χ1v) is 7.84. The summed E-state index contributed by atoms with van der Waals surface area (Å²) in [6.45, 7) is 2.16. The molecule has 0 radical (unpaired) electrons. The number of nitrogens with two attached hydrogens (primary N) is 1. The Kier molecular flexibility index (Phi) is 4.15. The van der Waals surface area contributed by atoms with Crippen molar-refractivity contribution in [1.29, 1.82) is 0 Å². The number of rotatable bonds is 5. The zero-order chi connectivity index (χ0) is 14.7. The van der Waals surface area contributed by atoms with Crippen LogP contribution in [0.2, 0.25) is 0 Å². The predicted octanol–water partition coefficient (Wildman–Crippen LogP) is 3.05. The van der Waals surface area contributed by atoms with E-state index >= 15 is 0 Å². The van der Waals surface area contributed by atoms with Crippen molar-refractivity contribution in [3.8, 4) is 5.69 Å². The molecule has 1 unspecified atom stereocenters. The molecule has 0 aliphatic heterocycles. The van der Waals surface area contributed by atoms with Crippen molar-refractivity contribution in [1.82, 2.24) is 15.2 Å². The molecule has 1 aromatic carbocycles. The van der Waals surface area contributed by atoms with E-state index in [4.69, 9.17) is 5.84 Å². The molecule has 0 bridgehead atoms. The molecule has 0 aliphatic carbocycles. The number of nitrogens with one attached hydrogen (secondary N) is 1. The minimum atomic E-state index is -0.0531. The van der Waals surface area contributed by atoms with Gasteiger partial charge in [0, 0.05) is 11.1 Å². The highest BCUT2D eigenvalue weighted by molar-refractivity contribution is 7.10. The van der Waals surface area contributed by atoms with Crippen LogP contribution in [0.25, 0.3) is 5.69 Å². The van der Waals surface area contributed by atoms with Crippen LogP contribution in [0.5, 0.6) is 0 Å². The number of hydrogen-bond donors (Lipinski definition) is 2. The number of aryl methyl sites for hydroxylation is 1. The van der Waals surface area contributed by atoms with Crippen LogP contribution in [-0.2, 0) is 6.42 Å². The molecule has 0 saturated carbocycles. The van der Waals surface area contributed by atoms with Gasteiger partial charge in [-0.05, 0) is 41.6 Å². The molecule has 3 N–H and O–H groups in total. The van der Waals surface area contributed by atoms with Gasteiger partial charge in [0.2, 0.25) is 0 Å². The molecule has 0 fully saturated rings. The van der Waals surface area contributed by atoms with E-state index in [-0.39, 0.29) is 6.04 Å². The van der Waals surface area contributed by atoms with Crippen LogP contribution < -0.4 is 11.3 Å². The van der Waals surface area contributed by atoms with E-state index in [9.17, 15) is 0 Å². The summed E-state index contributed by atoms with van der Waals surface area (Å²) in [5.74, 6) is 5.84. The SMILES string of the molecule is CCc1ccsc1C(NN)c1ccnn1-c1ccccc1. The Morgan fingerprint density at radius 3 is 2.76 bits per heavy atom. The maximum Gasteiger partial charge on any atom is 0.0977 e. The van der Waals surface area contributed by atoms with Gasteiger partial charge in [-0.1, -0.05) is 25.1 Å². The average Bonchev–Trinajstić information content (AvgIpc) is 3.18. The fourth-order valence-electron chi connectivity index (χ4n) is 2.51. The summed E-state index contributed by atoms with van der Waals surface area (Å²) in [6.07, 6.45) is 2.81. The minimum Gasteiger partial charge on any atom is -0.270 e. The van der Waals surface area contributed by atoms with Crippen molar-refractivity contribution in [2.75, 3.05) is 0 Å². The molecular weight excluding hydrogens is 280 g/mol. The summed E-state index contributed by atoms with van der Waals surface area (Å²) in [4.78, 5) is 1.25. The summed E-state index contributed by atoms with van der Waals surface area (Å²) in [5.41, 5.74) is 6.34. The third kappa shape index (κ3) is 2.63. The molecule has 3 aromatic rings. The molecule has 21 heavy (non-hydrogen) atoms. The molecule has 0 spiro atoms. The Hall–Kier alpha value is -1.95. The second-order valence-electron chi connectivity index (χ2n) is 4.77. The number of para-hydroxylation sites is 1. The molecule has 0 amide bonds. The van der Waals surface area contributed by atoms with Crippen molar-refractivity contribution in [3.05, 3.63) is 70.2 Å². The summed E-state index contributed by atoms with van der Waals surface area (Å²) in [7, 11) is 0. The lowest BCUT2D eigenvalue weighted by molar-refractivity contribution is 0.602. The first-order chi connectivity index (χ1) is 10.3. The van der Waals surface area contributed by atoms with Crippen LogP contribution >= 0.6 is 11.3 Å². The Labute approximate surface area is 128 Å². The zero-order valence-corrected chi connectivity index (χ0v) is 12.7. The summed E-state index contributed by atoms with van der Waals surface area (Å²) in [5, 5.41) is 6.56. The molecular formula is C16H18N4S. The van der Waals surface area contributed by atoms with Crippen molar-refractivity contribution in [2.24, 2.45) is 5.84 Å². The molecule has 4 nitrogen and oxygen atoms in total. The fraction of sp³-hybridized carbons (Fsp3) is 0.188. The van der Waals surface area contributed by atoms with Gasteiger partial charge in [0.1, 0.15) is 0 Å². The topological polar surface area (TPSA) is 55.9 Å². The number of hydrogen-bond acceptors (Lipinski definition) is 4. The Balaban J connectivity index is 2.05. The monoisotopic (exact) mass is 298 g/mol. The van der Waals surface area contributed by atoms with Gasteiger partial charge in [0.25, 0.3) is 0 Å². The van der Waals surface area contributed by atoms with Gasteiger partial charge in [-0.15, -0.1) is 11.3 Å². The Morgan fingerprint density at radius 2 is 2.05 bits per heavy atom. The van der Waals surface area contributed by atoms with E-state index in [0.29, 0.717) is 0 Å². The predicted molar refractivity (Wildman–Crippen MR) is 86.4 cm³/mol. The summed E-state index contributed by atoms with van der Waals surface area (Å²) >= 11 is 1.73. The van der Waals surface area contributed by atoms with Gasteiger partial charge < -0.3 is 0 Å². The standard InChI is InChI=1S/C16H18N4S/c1-2-12-9-11-21-16(12)15(19-17)14-8-10-18-20(14)13-6-4-3-5-7-13/h3-11,15,19H,2,17H2,1H3. The average molecular weight is 298 g/mol. The van der Waals surface area contributed by atoms with E-state index in [0.717, 1.165) is 17.8 Å². The van der Waals surface area contributed by atoms with E-state index < -0.39 is 0 Å². The summed E-state index contributed by atoms with van der Waals surface area (Å²) in [6, 6.07) is 14.2. The van der Waals surface area contributed by atoms with Crippen molar-refractivity contribution in [2.45, 2.75) is 19.4 Å². The smallest absolute Gasteiger partial charge is 0.0977 e. The van der Waals surface area contributed by atoms with E-state index in [1.807, 2.05) is 47.3 Å². The van der Waals surface area contributed by atoms with Gasteiger partial charge >= 0.3 is 0 Å². The third-order valence-electron chi connectivity index (χ3n) is 3.56. The van der Waals surface area contributed by atoms with Gasteiger partial charge in [0.05, 0.1) is 17.4 Å². The number of thiophene rings is 1. The number of nitrogens with zero attached hydrogens (tertiary/aromatic N) is 2. The van der Waals surface area contributed by atoms with Gasteiger partial charge in [-0.25, -0.2) is 10.1 Å². The molecule has 2 aromatic heterocycles. The first kappa shape index (κ1) is 14.0. The quantitative estimate of drug-likeness (QED) is 0.562. The lowest BCUT2D eigenvalue weighted by Gasteiger charge is -2.18. The minimum absolute atomic E-state index is 0.0531. The van der Waals surface area contributed by atoms with Crippen LogP contribution in [0.1, 0.15) is 29.1 Å². The normalized spacial score (nSPS) is 12.5. The highest BCUT2D eigenvalue weighted by Gasteiger charge is 2.21. The van der Waals surface area contributed by atoms with Gasteiger partial charge in [-0.2, -0.15) is 5.10 Å². The van der Waals surface area contributed by atoms with Crippen LogP contribution in [0.3, 0.4) is 0 Å². The lowest BCUT2D eigenvalue weighted by atomic mass is 10.1. The maximum absolute atomic E-state index is 5.84. The van der Waals surface area contributed by atoms with Crippen molar-refractivity contribution < 1.29 is 0 Å². The molecule has 5 heteroatoms. The fourth-order valence-corrected chi connectivity index (χ4v) is 3.57. The zero-order valence-electron chi connectivity index (χ0n) is 11.9. The second-order valence-corrected chi connectivity index (χ2v) is 5.71. The molecule has 2 heterocycles. The van der Waals surface area contributed by atoms with E-state index in [1.165, 1.54) is 10.4 Å². The van der Waals surface area contributed by atoms with Crippen molar-refractivity contribution in [3.63, 3.8) is 0 Å². The maximum atomic E-state index is 5.84. The Bertz CT molecular complexity index is 702. The Morgan fingerprint density at radius 1 is 1.24 bits per heavy atom. The largest absolute Gasteiger partial charge is 0.270 e. The van der Waals surface area contributed by atoms with Crippen LogP contribution in [0.15, 0.2) is 54.0 Å². The number of benzene rings is 1. The first-order valence-electron chi connectivity index (χ1n) is 6.97. The lowest BCUT2D eigenvalue weighted by Crippen LogP contribution is -2.30. The third-order valence-corrected chi connectivity index (χ3v) is 4.58. The number of aromatic nitrogens is 2. The molecule has 108 valence electrons. The van der Waals surface area contributed by atoms with Gasteiger partial charge in [-0.3, -0.25) is 5.84 Å². The highest BCUT2D eigenvalue weighted by atomic mass is 32.1. The molecule has 3 rings (SSSR count). The second kappa shape index (κ2) is 6.22. The van der Waals surface area contributed by atoms with Crippen molar-refractivity contribution >= 4 is 11.3 Å². The number of hydrazine groups is 1.